The minimum atomic E-state index is 0. The molecule has 0 aliphatic rings. The Bertz CT molecular complexity index is 212. The van der Waals surface area contributed by atoms with Crippen LogP contribution in [0.15, 0.2) is 11.6 Å². The van der Waals surface area contributed by atoms with E-state index in [0.29, 0.717) is 4.59 Å². The third-order valence-corrected chi connectivity index (χ3v) is 1.98. The molecule has 0 bridgehead atoms. The molecule has 0 rings (SSSR count). The van der Waals surface area contributed by atoms with Gasteiger partial charge < -0.3 is 12.4 Å². The lowest BCUT2D eigenvalue weighted by molar-refractivity contribution is -0.925. The van der Waals surface area contributed by atoms with Crippen LogP contribution in [0.4, 0.5) is 0 Å². The van der Waals surface area contributed by atoms with Gasteiger partial charge in [-0.2, -0.15) is 5.43 Å². The summed E-state index contributed by atoms with van der Waals surface area (Å²) in [6.45, 7) is 6.74. The zero-order valence-electron chi connectivity index (χ0n) is 9.72. The Morgan fingerprint density at radius 2 is 1.93 bits per heavy atom. The lowest BCUT2D eigenvalue weighted by atomic mass is 10.3. The van der Waals surface area contributed by atoms with Crippen LogP contribution < -0.4 is 17.8 Å². The van der Waals surface area contributed by atoms with Crippen LogP contribution in [0, 0.1) is 0 Å². The van der Waals surface area contributed by atoms with Gasteiger partial charge >= 0.3 is 0 Å². The SMILES string of the molecule is CC=C(C)C(=O)N[N+](C)(C)CCC.[Cl-]. The van der Waals surface area contributed by atoms with E-state index in [0.717, 1.165) is 18.5 Å². The number of allylic oxidation sites excluding steroid dienone is 1. The molecule has 84 valence electrons. The van der Waals surface area contributed by atoms with Crippen LogP contribution >= 0.6 is 0 Å². The van der Waals surface area contributed by atoms with E-state index in [2.05, 4.69) is 12.3 Å². The molecule has 1 N–H and O–H groups in total. The molecule has 0 unspecified atom stereocenters. The summed E-state index contributed by atoms with van der Waals surface area (Å²) in [4.78, 5) is 11.5. The Labute approximate surface area is 93.1 Å². The van der Waals surface area contributed by atoms with Gasteiger partial charge in [0.2, 0.25) is 0 Å². The Kier molecular flexibility index (Phi) is 7.78. The van der Waals surface area contributed by atoms with Crippen LogP contribution in [0.1, 0.15) is 27.2 Å². The summed E-state index contributed by atoms with van der Waals surface area (Å²) in [5.41, 5.74) is 3.70. The molecular weight excluding hydrogens is 200 g/mol. The van der Waals surface area contributed by atoms with Gasteiger partial charge in [0.1, 0.15) is 6.54 Å². The molecular formula is C10H21ClN2O. The van der Waals surface area contributed by atoms with Crippen LogP contribution in [0.5, 0.6) is 0 Å². The van der Waals surface area contributed by atoms with Gasteiger partial charge in [-0.3, -0.25) is 4.79 Å². The van der Waals surface area contributed by atoms with Crippen molar-refractivity contribution in [1.82, 2.24) is 5.43 Å². The molecule has 0 aliphatic carbocycles. The number of carbonyl (C=O) groups is 1. The van der Waals surface area contributed by atoms with E-state index < -0.39 is 0 Å². The standard InChI is InChI=1S/C10H20N2O.ClH/c1-6-8-12(4,5)11-10(13)9(3)7-2;/h7H,6,8H2,1-5H3;1H. The number of amides is 1. The predicted octanol–water partition coefficient (Wildman–Crippen LogP) is -1.53. The highest BCUT2D eigenvalue weighted by atomic mass is 35.5. The first kappa shape index (κ1) is 15.9. The predicted molar refractivity (Wildman–Crippen MR) is 54.8 cm³/mol. The fourth-order valence-corrected chi connectivity index (χ4v) is 1.11. The van der Waals surface area contributed by atoms with Gasteiger partial charge in [0, 0.05) is 5.57 Å². The van der Waals surface area contributed by atoms with Crippen molar-refractivity contribution in [3.8, 4) is 0 Å². The summed E-state index contributed by atoms with van der Waals surface area (Å²) in [6.07, 6.45) is 2.88. The molecule has 0 radical (unpaired) electrons. The van der Waals surface area contributed by atoms with E-state index in [4.69, 9.17) is 0 Å². The van der Waals surface area contributed by atoms with Crippen molar-refractivity contribution in [3.63, 3.8) is 0 Å². The molecule has 0 fully saturated rings. The Hall–Kier alpha value is -0.540. The zero-order chi connectivity index (χ0) is 10.5. The van der Waals surface area contributed by atoms with E-state index in [1.165, 1.54) is 0 Å². The second-order valence-corrected chi connectivity index (χ2v) is 3.82. The maximum atomic E-state index is 11.5. The summed E-state index contributed by atoms with van der Waals surface area (Å²) >= 11 is 0. The van der Waals surface area contributed by atoms with Crippen molar-refractivity contribution < 1.29 is 21.8 Å². The van der Waals surface area contributed by atoms with Gasteiger partial charge in [-0.15, -0.1) is 0 Å². The van der Waals surface area contributed by atoms with Crippen molar-refractivity contribution in [2.24, 2.45) is 0 Å². The number of quaternary nitrogens is 1. The number of nitrogens with one attached hydrogen (secondary N) is 1. The summed E-state index contributed by atoms with van der Waals surface area (Å²) < 4.78 is 0.542. The highest BCUT2D eigenvalue weighted by Crippen LogP contribution is 1.97. The number of hydrogen-bond donors (Lipinski definition) is 1. The van der Waals surface area contributed by atoms with Gasteiger partial charge in [-0.25, -0.2) is 4.59 Å². The highest BCUT2D eigenvalue weighted by molar-refractivity contribution is 5.91. The monoisotopic (exact) mass is 220 g/mol. The quantitative estimate of drug-likeness (QED) is 0.348. The van der Waals surface area contributed by atoms with Crippen molar-refractivity contribution >= 4 is 5.91 Å². The van der Waals surface area contributed by atoms with Gasteiger partial charge in [-0.1, -0.05) is 13.0 Å². The summed E-state index contributed by atoms with van der Waals surface area (Å²) in [5.74, 6) is 0.0148. The average molecular weight is 221 g/mol. The van der Waals surface area contributed by atoms with Crippen LogP contribution in [0.25, 0.3) is 0 Å². The van der Waals surface area contributed by atoms with Crippen LogP contribution in [0.2, 0.25) is 0 Å². The number of nitrogens with zero attached hydrogens (tertiary/aromatic N) is 1. The Morgan fingerprint density at radius 3 is 2.29 bits per heavy atom. The summed E-state index contributed by atoms with van der Waals surface area (Å²) in [6, 6.07) is 0. The molecule has 0 aromatic carbocycles. The molecule has 0 aromatic heterocycles. The van der Waals surface area contributed by atoms with E-state index in [9.17, 15) is 4.79 Å². The number of halogens is 1. The third-order valence-electron chi connectivity index (χ3n) is 1.98. The molecule has 0 atom stereocenters. The lowest BCUT2D eigenvalue weighted by Crippen LogP contribution is -3.00. The molecule has 0 aliphatic heterocycles. The molecule has 0 aromatic rings. The first-order valence-corrected chi connectivity index (χ1v) is 4.71. The Balaban J connectivity index is 0. The molecule has 14 heavy (non-hydrogen) atoms. The van der Waals surface area contributed by atoms with Gasteiger partial charge in [0.05, 0.1) is 14.1 Å². The van der Waals surface area contributed by atoms with Crippen LogP contribution in [-0.4, -0.2) is 31.1 Å². The number of carbonyl (C=O) groups excluding carboxylic acids is 1. The second-order valence-electron chi connectivity index (χ2n) is 3.82. The van der Waals surface area contributed by atoms with E-state index in [1.807, 2.05) is 34.0 Å². The fourth-order valence-electron chi connectivity index (χ4n) is 1.11. The van der Waals surface area contributed by atoms with Crippen molar-refractivity contribution in [1.29, 1.82) is 0 Å². The van der Waals surface area contributed by atoms with Crippen LogP contribution in [0.3, 0.4) is 0 Å². The molecule has 1 amide bonds. The van der Waals surface area contributed by atoms with Crippen molar-refractivity contribution in [3.05, 3.63) is 11.6 Å². The molecule has 0 saturated heterocycles. The number of rotatable bonds is 4. The fraction of sp³-hybridized carbons (Fsp3) is 0.700. The van der Waals surface area contributed by atoms with Crippen molar-refractivity contribution in [2.45, 2.75) is 27.2 Å². The van der Waals surface area contributed by atoms with E-state index in [-0.39, 0.29) is 18.3 Å². The summed E-state index contributed by atoms with van der Waals surface area (Å²) in [7, 11) is 3.98. The van der Waals surface area contributed by atoms with Gasteiger partial charge in [-0.05, 0) is 20.3 Å². The minimum Gasteiger partial charge on any atom is -1.00 e. The van der Waals surface area contributed by atoms with Crippen molar-refractivity contribution in [2.75, 3.05) is 20.6 Å². The molecule has 0 saturated carbocycles. The van der Waals surface area contributed by atoms with E-state index in [1.54, 1.807) is 0 Å². The van der Waals surface area contributed by atoms with Crippen LogP contribution in [-0.2, 0) is 4.79 Å². The van der Waals surface area contributed by atoms with Gasteiger partial charge in [0.15, 0.2) is 0 Å². The maximum Gasteiger partial charge on any atom is 0.291 e. The minimum absolute atomic E-state index is 0. The maximum absolute atomic E-state index is 11.5. The highest BCUT2D eigenvalue weighted by Gasteiger charge is 2.17. The normalized spacial score (nSPS) is 11.9. The molecule has 0 spiro atoms. The Morgan fingerprint density at radius 1 is 1.43 bits per heavy atom. The topological polar surface area (TPSA) is 29.1 Å². The van der Waals surface area contributed by atoms with E-state index >= 15 is 0 Å². The zero-order valence-corrected chi connectivity index (χ0v) is 10.5. The number of hydrogen-bond acceptors (Lipinski definition) is 1. The smallest absolute Gasteiger partial charge is 0.291 e. The second kappa shape index (κ2) is 6.85. The molecule has 4 heteroatoms. The lowest BCUT2D eigenvalue weighted by Gasteiger charge is -2.28. The largest absolute Gasteiger partial charge is 1.00 e. The first-order chi connectivity index (χ1) is 5.93. The average Bonchev–Trinajstić information content (AvgIpc) is 2.01. The molecule has 0 heterocycles. The molecule has 3 nitrogen and oxygen atoms in total. The summed E-state index contributed by atoms with van der Waals surface area (Å²) in [5, 5.41) is 0. The first-order valence-electron chi connectivity index (χ1n) is 4.71. The third kappa shape index (κ3) is 6.00. The van der Waals surface area contributed by atoms with Gasteiger partial charge in [0.25, 0.3) is 5.91 Å².